The van der Waals surface area contributed by atoms with Crippen molar-refractivity contribution in [2.24, 2.45) is 4.99 Å². The number of fused-ring (bicyclic) bond motifs is 1. The lowest BCUT2D eigenvalue weighted by Gasteiger charge is -2.21. The summed E-state index contributed by atoms with van der Waals surface area (Å²) >= 11 is 1.81. The maximum absolute atomic E-state index is 4.79. The Labute approximate surface area is 182 Å². The molecule has 0 atom stereocenters. The van der Waals surface area contributed by atoms with Gasteiger partial charge in [-0.15, -0.1) is 35.3 Å². The molecule has 0 aromatic carbocycles. The van der Waals surface area contributed by atoms with E-state index in [0.717, 1.165) is 49.8 Å². The highest BCUT2D eigenvalue weighted by Gasteiger charge is 2.07. The van der Waals surface area contributed by atoms with E-state index in [1.54, 1.807) is 0 Å². The summed E-state index contributed by atoms with van der Waals surface area (Å²) in [5.41, 5.74) is 3.32. The van der Waals surface area contributed by atoms with Crippen molar-refractivity contribution in [3.8, 4) is 0 Å². The maximum Gasteiger partial charge on any atom is 0.193 e. The molecule has 3 aromatic heterocycles. The quantitative estimate of drug-likeness (QED) is 0.305. The van der Waals surface area contributed by atoms with Gasteiger partial charge in [-0.1, -0.05) is 12.1 Å². The summed E-state index contributed by atoms with van der Waals surface area (Å²) < 4.78 is 2.09. The Morgan fingerprint density at radius 3 is 2.85 bits per heavy atom. The Balaban J connectivity index is 0.00000261. The molecule has 0 amide bonds. The number of aryl methyl sites for hydroxylation is 1. The molecule has 0 saturated heterocycles. The molecule has 5 nitrogen and oxygen atoms in total. The molecule has 0 aliphatic rings. The molecule has 7 heteroatoms. The number of rotatable bonds is 7. The van der Waals surface area contributed by atoms with Gasteiger partial charge < -0.3 is 14.6 Å². The van der Waals surface area contributed by atoms with E-state index in [4.69, 9.17) is 9.98 Å². The summed E-state index contributed by atoms with van der Waals surface area (Å²) in [4.78, 5) is 13.1. The van der Waals surface area contributed by atoms with Crippen molar-refractivity contribution in [3.05, 3.63) is 58.2 Å². The Bertz CT molecular complexity index is 857. The lowest BCUT2D eigenvalue weighted by Crippen LogP contribution is -2.40. The van der Waals surface area contributed by atoms with Gasteiger partial charge in [-0.05, 0) is 43.3 Å². The molecule has 27 heavy (non-hydrogen) atoms. The van der Waals surface area contributed by atoms with Crippen LogP contribution in [0, 0.1) is 6.92 Å². The van der Waals surface area contributed by atoms with Gasteiger partial charge in [0.25, 0.3) is 0 Å². The molecular weight excluding hydrogens is 469 g/mol. The normalized spacial score (nSPS) is 11.4. The molecular formula is C20H28IN5S. The highest BCUT2D eigenvalue weighted by atomic mass is 127. The van der Waals surface area contributed by atoms with Gasteiger partial charge in [-0.2, -0.15) is 0 Å². The molecule has 0 aliphatic carbocycles. The van der Waals surface area contributed by atoms with Crippen LogP contribution in [0.2, 0.25) is 0 Å². The van der Waals surface area contributed by atoms with Gasteiger partial charge in [0.2, 0.25) is 0 Å². The first-order chi connectivity index (χ1) is 12.7. The number of thiophene rings is 1. The molecule has 0 unspecified atom stereocenters. The molecule has 3 rings (SSSR count). The Hall–Kier alpha value is -1.61. The first kappa shape index (κ1) is 21.7. The zero-order chi connectivity index (χ0) is 18.4. The van der Waals surface area contributed by atoms with E-state index in [0.29, 0.717) is 0 Å². The number of aliphatic imine (C=N–C) groups is 1. The zero-order valence-electron chi connectivity index (χ0n) is 16.2. The molecule has 3 heterocycles. The second kappa shape index (κ2) is 10.7. The van der Waals surface area contributed by atoms with Crippen LogP contribution in [-0.4, -0.2) is 46.9 Å². The third-order valence-electron chi connectivity index (χ3n) is 4.33. The van der Waals surface area contributed by atoms with E-state index >= 15 is 0 Å². The molecule has 0 saturated carbocycles. The van der Waals surface area contributed by atoms with Crippen molar-refractivity contribution in [1.29, 1.82) is 0 Å². The second-order valence-corrected chi connectivity index (χ2v) is 7.42. The van der Waals surface area contributed by atoms with E-state index in [1.165, 1.54) is 10.4 Å². The number of hydrogen-bond donors (Lipinski definition) is 1. The Morgan fingerprint density at radius 1 is 1.30 bits per heavy atom. The molecule has 1 N–H and O–H groups in total. The molecule has 0 radical (unpaired) electrons. The fourth-order valence-corrected chi connectivity index (χ4v) is 3.61. The third-order valence-corrected chi connectivity index (χ3v) is 5.26. The number of hydrogen-bond acceptors (Lipinski definition) is 3. The summed E-state index contributed by atoms with van der Waals surface area (Å²) in [6, 6.07) is 8.44. The van der Waals surface area contributed by atoms with Crippen molar-refractivity contribution in [3.63, 3.8) is 0 Å². The number of pyridine rings is 1. The molecule has 146 valence electrons. The van der Waals surface area contributed by atoms with Gasteiger partial charge in [0.1, 0.15) is 5.65 Å². The molecule has 3 aromatic rings. The number of nitrogens with zero attached hydrogens (tertiary/aromatic N) is 4. The molecule has 0 aliphatic heterocycles. The topological polar surface area (TPSA) is 44.9 Å². The number of halogens is 1. The third kappa shape index (κ3) is 5.93. The van der Waals surface area contributed by atoms with Crippen LogP contribution in [0.5, 0.6) is 0 Å². The number of likely N-dealkylation sites (N-methyl/N-ethyl adjacent to an activating group) is 1. The van der Waals surface area contributed by atoms with Gasteiger partial charge in [0, 0.05) is 50.4 Å². The summed E-state index contributed by atoms with van der Waals surface area (Å²) in [6.45, 7) is 6.76. The van der Waals surface area contributed by atoms with Crippen molar-refractivity contribution < 1.29 is 0 Å². The lowest BCUT2D eigenvalue weighted by atomic mass is 10.3. The first-order valence-electron chi connectivity index (χ1n) is 9.12. The van der Waals surface area contributed by atoms with Crippen LogP contribution in [0.3, 0.4) is 0 Å². The maximum atomic E-state index is 4.79. The highest BCUT2D eigenvalue weighted by molar-refractivity contribution is 14.0. The number of aromatic nitrogens is 2. The number of nitrogens with one attached hydrogen (secondary N) is 1. The summed E-state index contributed by atoms with van der Waals surface area (Å²) in [7, 11) is 2.10. The number of imidazole rings is 1. The lowest BCUT2D eigenvalue weighted by molar-refractivity contribution is 0.487. The average Bonchev–Trinajstić information content (AvgIpc) is 3.29. The van der Waals surface area contributed by atoms with Gasteiger partial charge >= 0.3 is 0 Å². The van der Waals surface area contributed by atoms with E-state index < -0.39 is 0 Å². The zero-order valence-corrected chi connectivity index (χ0v) is 19.3. The van der Waals surface area contributed by atoms with Crippen molar-refractivity contribution >= 4 is 46.9 Å². The SMILES string of the molecule is CCNC(=NCCc1cn2cccc(C)c2n1)N(C)CCc1cccs1.I. The summed E-state index contributed by atoms with van der Waals surface area (Å²) in [6.07, 6.45) is 6.04. The number of guanidine groups is 1. The van der Waals surface area contributed by atoms with Crippen LogP contribution >= 0.6 is 35.3 Å². The van der Waals surface area contributed by atoms with Crippen molar-refractivity contribution in [2.45, 2.75) is 26.7 Å². The summed E-state index contributed by atoms with van der Waals surface area (Å²) in [5, 5.41) is 5.52. The fraction of sp³-hybridized carbons (Fsp3) is 0.400. The minimum atomic E-state index is 0. The molecule has 0 fully saturated rings. The minimum absolute atomic E-state index is 0. The van der Waals surface area contributed by atoms with Gasteiger partial charge in [-0.25, -0.2) is 4.98 Å². The highest BCUT2D eigenvalue weighted by Crippen LogP contribution is 2.11. The predicted octanol–water partition coefficient (Wildman–Crippen LogP) is 4.00. The van der Waals surface area contributed by atoms with E-state index in [9.17, 15) is 0 Å². The van der Waals surface area contributed by atoms with Crippen LogP contribution in [0.25, 0.3) is 5.65 Å². The fourth-order valence-electron chi connectivity index (χ4n) is 2.91. The van der Waals surface area contributed by atoms with E-state index in [-0.39, 0.29) is 24.0 Å². The first-order valence-corrected chi connectivity index (χ1v) is 10.0. The van der Waals surface area contributed by atoms with Crippen LogP contribution in [-0.2, 0) is 12.8 Å². The van der Waals surface area contributed by atoms with Gasteiger partial charge in [-0.3, -0.25) is 4.99 Å². The largest absolute Gasteiger partial charge is 0.357 e. The predicted molar refractivity (Wildman–Crippen MR) is 126 cm³/mol. The minimum Gasteiger partial charge on any atom is -0.357 e. The van der Waals surface area contributed by atoms with E-state index in [2.05, 4.69) is 71.4 Å². The van der Waals surface area contributed by atoms with Gasteiger partial charge in [0.15, 0.2) is 5.96 Å². The average molecular weight is 497 g/mol. The Morgan fingerprint density at radius 2 is 2.15 bits per heavy atom. The monoisotopic (exact) mass is 497 g/mol. The molecule has 0 spiro atoms. The van der Waals surface area contributed by atoms with Crippen molar-refractivity contribution in [2.75, 3.05) is 26.7 Å². The molecule has 0 bridgehead atoms. The standard InChI is InChI=1S/C20H27N5S.HI/c1-4-21-20(24(3)13-10-18-8-6-14-26-18)22-11-9-17-15-25-12-5-7-16(2)19(25)23-17;/h5-8,12,14-15H,4,9-11,13H2,1-3H3,(H,21,22);1H. The Kier molecular flexibility index (Phi) is 8.56. The van der Waals surface area contributed by atoms with Crippen LogP contribution in [0.1, 0.15) is 23.1 Å². The van der Waals surface area contributed by atoms with E-state index in [1.807, 2.05) is 17.5 Å². The second-order valence-electron chi connectivity index (χ2n) is 6.39. The summed E-state index contributed by atoms with van der Waals surface area (Å²) in [5.74, 6) is 0.962. The van der Waals surface area contributed by atoms with Crippen molar-refractivity contribution in [1.82, 2.24) is 19.6 Å². The van der Waals surface area contributed by atoms with Gasteiger partial charge in [0.05, 0.1) is 5.69 Å². The van der Waals surface area contributed by atoms with Crippen LogP contribution < -0.4 is 5.32 Å². The smallest absolute Gasteiger partial charge is 0.193 e. The van der Waals surface area contributed by atoms with Crippen LogP contribution in [0.4, 0.5) is 0 Å². The van der Waals surface area contributed by atoms with Crippen LogP contribution in [0.15, 0.2) is 47.0 Å².